The monoisotopic (exact) mass is 278 g/mol. The second-order valence-corrected chi connectivity index (χ2v) is 4.32. The molecule has 108 valence electrons. The van der Waals surface area contributed by atoms with Gasteiger partial charge >= 0.3 is 6.18 Å². The molecular formula is C12H17F3N2O2. The molecule has 0 saturated heterocycles. The number of alkyl halides is 3. The van der Waals surface area contributed by atoms with Gasteiger partial charge in [-0.1, -0.05) is 6.07 Å². The Morgan fingerprint density at radius 3 is 2.68 bits per heavy atom. The predicted octanol–water partition coefficient (Wildman–Crippen LogP) is 1.88. The molecule has 1 heterocycles. The van der Waals surface area contributed by atoms with Crippen LogP contribution in [0.2, 0.25) is 0 Å². The van der Waals surface area contributed by atoms with Crippen LogP contribution in [0.5, 0.6) is 5.88 Å². The molecule has 2 N–H and O–H groups in total. The second-order valence-electron chi connectivity index (χ2n) is 4.32. The van der Waals surface area contributed by atoms with E-state index in [1.807, 2.05) is 13.8 Å². The Balaban J connectivity index is 2.54. The number of hydrogen-bond acceptors (Lipinski definition) is 4. The zero-order valence-electron chi connectivity index (χ0n) is 10.7. The summed E-state index contributed by atoms with van der Waals surface area (Å²) >= 11 is 0. The van der Waals surface area contributed by atoms with Gasteiger partial charge in [-0.05, 0) is 19.9 Å². The summed E-state index contributed by atoms with van der Waals surface area (Å²) in [7, 11) is 0. The number of ether oxygens (including phenoxy) is 1. The minimum absolute atomic E-state index is 0.0746. The molecular weight excluding hydrogens is 261 g/mol. The lowest BCUT2D eigenvalue weighted by Gasteiger charge is -2.16. The molecule has 0 saturated carbocycles. The Morgan fingerprint density at radius 2 is 2.11 bits per heavy atom. The maximum Gasteiger partial charge on any atom is 0.415 e. The molecule has 19 heavy (non-hydrogen) atoms. The third-order valence-corrected chi connectivity index (χ3v) is 2.23. The van der Waals surface area contributed by atoms with E-state index >= 15 is 0 Å². The molecule has 0 spiro atoms. The third-order valence-electron chi connectivity index (χ3n) is 2.23. The highest BCUT2D eigenvalue weighted by Crippen LogP contribution is 2.20. The van der Waals surface area contributed by atoms with E-state index in [9.17, 15) is 13.2 Å². The van der Waals surface area contributed by atoms with Crippen molar-refractivity contribution in [1.82, 2.24) is 10.3 Å². The van der Waals surface area contributed by atoms with E-state index in [1.54, 1.807) is 18.3 Å². The maximum atomic E-state index is 12.1. The fraction of sp³-hybridized carbons (Fsp3) is 0.583. The van der Waals surface area contributed by atoms with Gasteiger partial charge in [0.15, 0.2) is 6.10 Å². The molecule has 0 fully saturated rings. The summed E-state index contributed by atoms with van der Waals surface area (Å²) in [6.45, 7) is 3.24. The number of aromatic nitrogens is 1. The van der Waals surface area contributed by atoms with Crippen LogP contribution in [-0.4, -0.2) is 35.0 Å². The number of nitrogens with one attached hydrogen (secondary N) is 1. The van der Waals surface area contributed by atoms with Crippen LogP contribution in [0.3, 0.4) is 0 Å². The Morgan fingerprint density at radius 1 is 1.42 bits per heavy atom. The van der Waals surface area contributed by atoms with Crippen molar-refractivity contribution < 1.29 is 23.0 Å². The standard InChI is InChI=1S/C12H17F3N2O2/c1-8(2)19-11-9(4-3-5-17-11)6-16-7-10(18)12(13,14)15/h3-5,8,10,16,18H,6-7H2,1-2H3. The van der Waals surface area contributed by atoms with Crippen molar-refractivity contribution in [2.45, 2.75) is 38.8 Å². The lowest BCUT2D eigenvalue weighted by atomic mass is 10.2. The van der Waals surface area contributed by atoms with Crippen LogP contribution in [-0.2, 0) is 6.54 Å². The average molecular weight is 278 g/mol. The van der Waals surface area contributed by atoms with Gasteiger partial charge in [-0.3, -0.25) is 0 Å². The minimum atomic E-state index is -4.61. The molecule has 1 rings (SSSR count). The molecule has 1 aromatic heterocycles. The molecule has 0 aliphatic carbocycles. The predicted molar refractivity (Wildman–Crippen MR) is 63.8 cm³/mol. The van der Waals surface area contributed by atoms with Crippen molar-refractivity contribution in [1.29, 1.82) is 0 Å². The van der Waals surface area contributed by atoms with E-state index in [-0.39, 0.29) is 12.6 Å². The van der Waals surface area contributed by atoms with Gasteiger partial charge in [-0.15, -0.1) is 0 Å². The zero-order chi connectivity index (χ0) is 14.5. The van der Waals surface area contributed by atoms with Crippen molar-refractivity contribution in [3.05, 3.63) is 23.9 Å². The number of aliphatic hydroxyl groups is 1. The van der Waals surface area contributed by atoms with Gasteiger partial charge in [0.1, 0.15) is 0 Å². The first-order chi connectivity index (χ1) is 8.80. The van der Waals surface area contributed by atoms with E-state index in [2.05, 4.69) is 10.3 Å². The molecule has 1 aromatic rings. The average Bonchev–Trinajstić information content (AvgIpc) is 2.29. The van der Waals surface area contributed by atoms with Crippen LogP contribution in [0.25, 0.3) is 0 Å². The van der Waals surface area contributed by atoms with Gasteiger partial charge < -0.3 is 15.2 Å². The van der Waals surface area contributed by atoms with Crippen LogP contribution < -0.4 is 10.1 Å². The summed E-state index contributed by atoms with van der Waals surface area (Å²) in [4.78, 5) is 4.02. The largest absolute Gasteiger partial charge is 0.475 e. The first-order valence-corrected chi connectivity index (χ1v) is 5.86. The number of nitrogens with zero attached hydrogens (tertiary/aromatic N) is 1. The van der Waals surface area contributed by atoms with Crippen molar-refractivity contribution in [3.8, 4) is 5.88 Å². The molecule has 0 aliphatic rings. The number of rotatable bonds is 6. The van der Waals surface area contributed by atoms with Crippen LogP contribution in [0.4, 0.5) is 13.2 Å². The molecule has 0 aliphatic heterocycles. The smallest absolute Gasteiger partial charge is 0.415 e. The van der Waals surface area contributed by atoms with Crippen molar-refractivity contribution in [3.63, 3.8) is 0 Å². The lowest BCUT2D eigenvalue weighted by Crippen LogP contribution is -2.38. The quantitative estimate of drug-likeness (QED) is 0.834. The molecule has 0 aromatic carbocycles. The summed E-state index contributed by atoms with van der Waals surface area (Å²) < 4.78 is 41.7. The number of hydrogen-bond donors (Lipinski definition) is 2. The molecule has 0 bridgehead atoms. The summed E-state index contributed by atoms with van der Waals surface area (Å²) in [6.07, 6.45) is -5.52. The fourth-order valence-electron chi connectivity index (χ4n) is 1.35. The third kappa shape index (κ3) is 5.44. The molecule has 1 unspecified atom stereocenters. The fourth-order valence-corrected chi connectivity index (χ4v) is 1.35. The molecule has 0 radical (unpaired) electrons. The first kappa shape index (κ1) is 15.7. The Kier molecular flexibility index (Phi) is 5.56. The topological polar surface area (TPSA) is 54.4 Å². The van der Waals surface area contributed by atoms with Gasteiger partial charge in [0.05, 0.1) is 6.10 Å². The van der Waals surface area contributed by atoms with Crippen LogP contribution in [0.1, 0.15) is 19.4 Å². The Hall–Kier alpha value is -1.34. The van der Waals surface area contributed by atoms with Gasteiger partial charge in [0, 0.05) is 24.8 Å². The molecule has 4 nitrogen and oxygen atoms in total. The Bertz CT molecular complexity index is 397. The van der Waals surface area contributed by atoms with Crippen molar-refractivity contribution in [2.24, 2.45) is 0 Å². The van der Waals surface area contributed by atoms with Gasteiger partial charge in [0.25, 0.3) is 0 Å². The van der Waals surface area contributed by atoms with Crippen LogP contribution in [0.15, 0.2) is 18.3 Å². The van der Waals surface area contributed by atoms with E-state index in [1.165, 1.54) is 0 Å². The SMILES string of the molecule is CC(C)Oc1ncccc1CNCC(O)C(F)(F)F. The molecule has 7 heteroatoms. The van der Waals surface area contributed by atoms with E-state index in [0.717, 1.165) is 0 Å². The first-order valence-electron chi connectivity index (χ1n) is 5.86. The summed E-state index contributed by atoms with van der Waals surface area (Å²) in [5.41, 5.74) is 0.644. The summed E-state index contributed by atoms with van der Waals surface area (Å²) in [5.74, 6) is 0.381. The molecule has 1 atom stereocenters. The van der Waals surface area contributed by atoms with Crippen LogP contribution >= 0.6 is 0 Å². The van der Waals surface area contributed by atoms with Crippen molar-refractivity contribution >= 4 is 0 Å². The normalized spacial score (nSPS) is 13.6. The van der Waals surface area contributed by atoms with Crippen molar-refractivity contribution in [2.75, 3.05) is 6.54 Å². The zero-order valence-corrected chi connectivity index (χ0v) is 10.7. The highest BCUT2D eigenvalue weighted by Gasteiger charge is 2.37. The van der Waals surface area contributed by atoms with Crippen LogP contribution in [0, 0.1) is 0 Å². The maximum absolute atomic E-state index is 12.1. The van der Waals surface area contributed by atoms with E-state index < -0.39 is 18.8 Å². The van der Waals surface area contributed by atoms with Gasteiger partial charge in [-0.25, -0.2) is 4.98 Å². The Labute approximate surface area is 109 Å². The number of pyridine rings is 1. The lowest BCUT2D eigenvalue weighted by molar-refractivity contribution is -0.201. The minimum Gasteiger partial charge on any atom is -0.475 e. The number of halogens is 3. The second kappa shape index (κ2) is 6.72. The highest BCUT2D eigenvalue weighted by atomic mass is 19.4. The summed E-state index contributed by atoms with van der Waals surface area (Å²) in [6, 6.07) is 3.38. The van der Waals surface area contributed by atoms with E-state index in [4.69, 9.17) is 9.84 Å². The molecule has 0 amide bonds. The van der Waals surface area contributed by atoms with Gasteiger partial charge in [-0.2, -0.15) is 13.2 Å². The van der Waals surface area contributed by atoms with Gasteiger partial charge in [0.2, 0.25) is 5.88 Å². The summed E-state index contributed by atoms with van der Waals surface area (Å²) in [5, 5.41) is 11.4. The number of aliphatic hydroxyl groups excluding tert-OH is 1. The van der Waals surface area contributed by atoms with E-state index in [0.29, 0.717) is 11.4 Å². The highest BCUT2D eigenvalue weighted by molar-refractivity contribution is 5.25.